The highest BCUT2D eigenvalue weighted by atomic mass is 15.1. The molecule has 0 N–H and O–H groups in total. The molecule has 1 aliphatic carbocycles. The lowest BCUT2D eigenvalue weighted by Gasteiger charge is -2.34. The number of rotatable bonds is 7. The lowest BCUT2D eigenvalue weighted by atomic mass is 9.68. The number of anilines is 3. The van der Waals surface area contributed by atoms with E-state index in [4.69, 9.17) is 0 Å². The fraction of sp³-hybridized carbons (Fsp3) is 0.0182. The molecule has 2 heteroatoms. The zero-order chi connectivity index (χ0) is 37.8. The van der Waals surface area contributed by atoms with Gasteiger partial charge in [-0.25, -0.2) is 0 Å². The smallest absolute Gasteiger partial charge is 0.0713 e. The summed E-state index contributed by atoms with van der Waals surface area (Å²) < 4.78 is 2.38. The molecule has 0 radical (unpaired) electrons. The van der Waals surface area contributed by atoms with Gasteiger partial charge < -0.3 is 9.47 Å². The van der Waals surface area contributed by atoms with Gasteiger partial charge in [0.2, 0.25) is 0 Å². The average molecular weight is 727 g/mol. The van der Waals surface area contributed by atoms with E-state index in [1.165, 1.54) is 66.3 Å². The molecule has 0 fully saturated rings. The molecule has 2 nitrogen and oxygen atoms in total. The third-order valence-corrected chi connectivity index (χ3v) is 11.9. The maximum atomic E-state index is 2.43. The molecule has 1 aliphatic rings. The summed E-state index contributed by atoms with van der Waals surface area (Å²) in [5, 5.41) is 2.45. The summed E-state index contributed by atoms with van der Waals surface area (Å²) in [6.07, 6.45) is 0. The van der Waals surface area contributed by atoms with Crippen LogP contribution in [0.5, 0.6) is 0 Å². The molecule has 0 amide bonds. The number of hydrogen-bond donors (Lipinski definition) is 0. The van der Waals surface area contributed by atoms with Crippen molar-refractivity contribution in [1.82, 2.24) is 4.57 Å². The zero-order valence-electron chi connectivity index (χ0n) is 31.3. The summed E-state index contributed by atoms with van der Waals surface area (Å²) in [5.74, 6) is 0. The van der Waals surface area contributed by atoms with Crippen LogP contribution >= 0.6 is 0 Å². The molecular formula is C55H38N2. The van der Waals surface area contributed by atoms with Gasteiger partial charge in [0.05, 0.1) is 16.4 Å². The summed E-state index contributed by atoms with van der Waals surface area (Å²) in [6, 6.07) is 84.2. The Kier molecular flexibility index (Phi) is 7.75. The standard InChI is InChI=1S/C55H38N2/c1-5-17-39(18-6-1)40-29-31-44(32-30-40)56(46-34-36-54-50(38-46)48-26-14-16-28-53(48)57(54)43-23-11-4-12-24-43)45-33-35-52-49(37-45)47-25-13-15-27-51(47)55(52,41-19-7-2-8-20-41)42-21-9-3-10-22-42/h1-38H. The van der Waals surface area contributed by atoms with E-state index < -0.39 is 5.41 Å². The summed E-state index contributed by atoms with van der Waals surface area (Å²) in [6.45, 7) is 0. The molecule has 57 heavy (non-hydrogen) atoms. The van der Waals surface area contributed by atoms with E-state index in [1.807, 2.05) is 0 Å². The molecule has 0 saturated heterocycles. The van der Waals surface area contributed by atoms with Crippen molar-refractivity contribution in [2.45, 2.75) is 5.41 Å². The second-order valence-electron chi connectivity index (χ2n) is 14.9. The monoisotopic (exact) mass is 726 g/mol. The van der Waals surface area contributed by atoms with Crippen molar-refractivity contribution < 1.29 is 0 Å². The molecule has 0 saturated carbocycles. The summed E-state index contributed by atoms with van der Waals surface area (Å²) >= 11 is 0. The second kappa shape index (κ2) is 13.4. The molecule has 268 valence electrons. The van der Waals surface area contributed by atoms with Crippen LogP contribution in [0.15, 0.2) is 231 Å². The van der Waals surface area contributed by atoms with Gasteiger partial charge in [-0.1, -0.05) is 170 Å². The van der Waals surface area contributed by atoms with Crippen molar-refractivity contribution in [3.63, 3.8) is 0 Å². The minimum atomic E-state index is -0.451. The number of hydrogen-bond acceptors (Lipinski definition) is 1. The molecule has 11 rings (SSSR count). The Morgan fingerprint density at radius 1 is 0.333 bits per heavy atom. The van der Waals surface area contributed by atoms with E-state index >= 15 is 0 Å². The second-order valence-corrected chi connectivity index (χ2v) is 14.9. The summed E-state index contributed by atoms with van der Waals surface area (Å²) in [4.78, 5) is 2.43. The quantitative estimate of drug-likeness (QED) is 0.159. The molecule has 0 aliphatic heterocycles. The van der Waals surface area contributed by atoms with E-state index in [0.717, 1.165) is 22.7 Å². The lowest BCUT2D eigenvalue weighted by Crippen LogP contribution is -2.28. The zero-order valence-corrected chi connectivity index (χ0v) is 31.3. The van der Waals surface area contributed by atoms with Crippen LogP contribution < -0.4 is 4.90 Å². The third-order valence-electron chi connectivity index (χ3n) is 11.9. The van der Waals surface area contributed by atoms with Gasteiger partial charge in [0, 0.05) is 33.5 Å². The Morgan fingerprint density at radius 3 is 1.56 bits per heavy atom. The Labute approximate surface area is 333 Å². The van der Waals surface area contributed by atoms with Crippen LogP contribution in [0.4, 0.5) is 17.1 Å². The van der Waals surface area contributed by atoms with Gasteiger partial charge in [0.15, 0.2) is 0 Å². The third kappa shape index (κ3) is 5.18. The van der Waals surface area contributed by atoms with Crippen molar-refractivity contribution >= 4 is 38.9 Å². The Hall–Kier alpha value is -7.42. The van der Waals surface area contributed by atoms with Gasteiger partial charge in [-0.05, 0) is 105 Å². The van der Waals surface area contributed by atoms with Crippen molar-refractivity contribution in [3.8, 4) is 27.9 Å². The van der Waals surface area contributed by atoms with Crippen molar-refractivity contribution in [3.05, 3.63) is 253 Å². The van der Waals surface area contributed by atoms with Crippen LogP contribution in [0.2, 0.25) is 0 Å². The van der Waals surface area contributed by atoms with E-state index in [9.17, 15) is 0 Å². The number of fused-ring (bicyclic) bond motifs is 6. The highest BCUT2D eigenvalue weighted by molar-refractivity contribution is 6.10. The van der Waals surface area contributed by atoms with Crippen LogP contribution in [0.25, 0.3) is 49.7 Å². The van der Waals surface area contributed by atoms with Crippen LogP contribution in [-0.4, -0.2) is 4.57 Å². The van der Waals surface area contributed by atoms with E-state index in [-0.39, 0.29) is 0 Å². The lowest BCUT2D eigenvalue weighted by molar-refractivity contribution is 0.768. The summed E-state index contributed by atoms with van der Waals surface area (Å²) in [5.41, 5.74) is 16.5. The molecule has 0 spiro atoms. The molecule has 1 heterocycles. The highest BCUT2D eigenvalue weighted by Crippen LogP contribution is 2.57. The van der Waals surface area contributed by atoms with Gasteiger partial charge in [-0.2, -0.15) is 0 Å². The highest BCUT2D eigenvalue weighted by Gasteiger charge is 2.46. The molecule has 9 aromatic carbocycles. The Morgan fingerprint density at radius 2 is 0.842 bits per heavy atom. The maximum Gasteiger partial charge on any atom is 0.0713 e. The van der Waals surface area contributed by atoms with E-state index in [1.54, 1.807) is 0 Å². The average Bonchev–Trinajstić information content (AvgIpc) is 3.78. The van der Waals surface area contributed by atoms with Gasteiger partial charge in [-0.15, -0.1) is 0 Å². The first-order valence-electron chi connectivity index (χ1n) is 19.7. The molecule has 0 atom stereocenters. The van der Waals surface area contributed by atoms with Gasteiger partial charge in [0.25, 0.3) is 0 Å². The van der Waals surface area contributed by atoms with Gasteiger partial charge >= 0.3 is 0 Å². The van der Waals surface area contributed by atoms with Crippen LogP contribution in [0.1, 0.15) is 22.3 Å². The molecule has 0 bridgehead atoms. The number of benzene rings is 9. The maximum absolute atomic E-state index is 2.43. The normalized spacial score (nSPS) is 12.7. The first kappa shape index (κ1) is 33.0. The minimum Gasteiger partial charge on any atom is -0.310 e. The number of para-hydroxylation sites is 2. The van der Waals surface area contributed by atoms with Crippen molar-refractivity contribution in [2.75, 3.05) is 4.90 Å². The fourth-order valence-electron chi connectivity index (χ4n) is 9.41. The van der Waals surface area contributed by atoms with Crippen LogP contribution in [0.3, 0.4) is 0 Å². The summed E-state index contributed by atoms with van der Waals surface area (Å²) in [7, 11) is 0. The van der Waals surface area contributed by atoms with Gasteiger partial charge in [-0.3, -0.25) is 0 Å². The number of aromatic nitrogens is 1. The molecular weight excluding hydrogens is 689 g/mol. The molecule has 1 aromatic heterocycles. The largest absolute Gasteiger partial charge is 0.310 e. The minimum absolute atomic E-state index is 0.451. The topological polar surface area (TPSA) is 8.17 Å². The predicted molar refractivity (Wildman–Crippen MR) is 238 cm³/mol. The predicted octanol–water partition coefficient (Wildman–Crippen LogP) is 14.3. The van der Waals surface area contributed by atoms with E-state index in [0.29, 0.717) is 0 Å². The first-order chi connectivity index (χ1) is 28.3. The van der Waals surface area contributed by atoms with E-state index in [2.05, 4.69) is 240 Å². The van der Waals surface area contributed by atoms with Crippen LogP contribution in [0, 0.1) is 0 Å². The SMILES string of the molecule is c1ccc(-c2ccc(N(c3ccc4c(c3)-c3ccccc3C4(c3ccccc3)c3ccccc3)c3ccc4c(c3)c3ccccc3n4-c3ccccc3)cc2)cc1. The number of nitrogens with zero attached hydrogens (tertiary/aromatic N) is 2. The molecule has 0 unspecified atom stereocenters. The van der Waals surface area contributed by atoms with Crippen molar-refractivity contribution in [1.29, 1.82) is 0 Å². The van der Waals surface area contributed by atoms with Crippen LogP contribution in [-0.2, 0) is 5.41 Å². The Bertz CT molecular complexity index is 3000. The Balaban J connectivity index is 1.14. The first-order valence-corrected chi connectivity index (χ1v) is 19.7. The van der Waals surface area contributed by atoms with Crippen molar-refractivity contribution in [2.24, 2.45) is 0 Å². The molecule has 10 aromatic rings. The van der Waals surface area contributed by atoms with Gasteiger partial charge in [0.1, 0.15) is 0 Å². The fourth-order valence-corrected chi connectivity index (χ4v) is 9.41.